The van der Waals surface area contributed by atoms with Gasteiger partial charge in [0.15, 0.2) is 0 Å². The normalized spacial score (nSPS) is 9.42. The molecule has 100 valence electrons. The molecular formula is C14H16N2O3. The maximum absolute atomic E-state index is 11.3. The Bertz CT molecular complexity index is 492. The van der Waals surface area contributed by atoms with E-state index in [1.807, 2.05) is 0 Å². The molecule has 19 heavy (non-hydrogen) atoms. The number of carbonyl (C=O) groups is 2. The van der Waals surface area contributed by atoms with Crippen molar-refractivity contribution in [2.24, 2.45) is 0 Å². The Balaban J connectivity index is 2.39. The number of aromatic carboxylic acids is 1. The summed E-state index contributed by atoms with van der Waals surface area (Å²) in [6, 6.07) is 6.43. The summed E-state index contributed by atoms with van der Waals surface area (Å²) in [5.74, 6) is 1.45. The predicted molar refractivity (Wildman–Crippen MR) is 72.0 cm³/mol. The van der Waals surface area contributed by atoms with E-state index in [-0.39, 0.29) is 11.6 Å². The molecule has 0 bridgehead atoms. The number of benzene rings is 1. The van der Waals surface area contributed by atoms with E-state index in [4.69, 9.17) is 11.5 Å². The average molecular weight is 260 g/mol. The first-order valence-corrected chi connectivity index (χ1v) is 5.91. The molecule has 1 rings (SSSR count). The minimum Gasteiger partial charge on any atom is -0.478 e. The molecule has 0 aliphatic rings. The van der Waals surface area contributed by atoms with E-state index in [2.05, 4.69) is 16.6 Å². The van der Waals surface area contributed by atoms with Gasteiger partial charge in [-0.25, -0.2) is 9.59 Å². The number of rotatable bonds is 6. The molecule has 0 fully saturated rings. The van der Waals surface area contributed by atoms with Crippen LogP contribution in [0.25, 0.3) is 0 Å². The molecule has 0 heterocycles. The van der Waals surface area contributed by atoms with Crippen molar-refractivity contribution in [3.8, 4) is 12.3 Å². The summed E-state index contributed by atoms with van der Waals surface area (Å²) in [4.78, 5) is 22.3. The number of terminal acetylenes is 1. The summed E-state index contributed by atoms with van der Waals surface area (Å²) >= 11 is 0. The van der Waals surface area contributed by atoms with E-state index < -0.39 is 5.97 Å². The highest BCUT2D eigenvalue weighted by molar-refractivity contribution is 5.89. The molecule has 0 saturated heterocycles. The van der Waals surface area contributed by atoms with E-state index in [1.165, 1.54) is 0 Å². The van der Waals surface area contributed by atoms with Crippen LogP contribution >= 0.6 is 0 Å². The smallest absolute Gasteiger partial charge is 0.335 e. The van der Waals surface area contributed by atoms with E-state index >= 15 is 0 Å². The van der Waals surface area contributed by atoms with Gasteiger partial charge in [0.25, 0.3) is 0 Å². The molecule has 1 aromatic rings. The lowest BCUT2D eigenvalue weighted by molar-refractivity contribution is 0.0695. The van der Waals surface area contributed by atoms with Crippen molar-refractivity contribution in [2.45, 2.75) is 12.8 Å². The average Bonchev–Trinajstić information content (AvgIpc) is 2.39. The first-order chi connectivity index (χ1) is 9.15. The molecule has 0 aliphatic carbocycles. The Morgan fingerprint density at radius 2 is 1.89 bits per heavy atom. The lowest BCUT2D eigenvalue weighted by Gasteiger charge is -2.08. The summed E-state index contributed by atoms with van der Waals surface area (Å²) in [6.45, 7) is 0.792. The molecule has 5 heteroatoms. The number of hydrogen-bond donors (Lipinski definition) is 3. The third-order valence-corrected chi connectivity index (χ3v) is 2.48. The number of carboxylic acids is 1. The van der Waals surface area contributed by atoms with Crippen LogP contribution in [0.3, 0.4) is 0 Å². The molecule has 0 unspecified atom stereocenters. The molecule has 5 nitrogen and oxygen atoms in total. The van der Waals surface area contributed by atoms with Gasteiger partial charge in [0.1, 0.15) is 0 Å². The molecule has 0 spiro atoms. The van der Waals surface area contributed by atoms with Crippen molar-refractivity contribution in [3.05, 3.63) is 35.4 Å². The minimum absolute atomic E-state index is 0.261. The number of nitrogens with one attached hydrogen (secondary N) is 2. The van der Waals surface area contributed by atoms with Gasteiger partial charge in [0.2, 0.25) is 0 Å². The maximum Gasteiger partial charge on any atom is 0.335 e. The lowest BCUT2D eigenvalue weighted by Crippen LogP contribution is -2.37. The largest absolute Gasteiger partial charge is 0.478 e. The van der Waals surface area contributed by atoms with E-state index in [0.29, 0.717) is 31.5 Å². The van der Waals surface area contributed by atoms with Crippen molar-refractivity contribution in [1.29, 1.82) is 0 Å². The lowest BCUT2D eigenvalue weighted by atomic mass is 10.0. The second kappa shape index (κ2) is 7.77. The molecule has 0 aromatic heterocycles. The first-order valence-electron chi connectivity index (χ1n) is 5.91. The SMILES string of the molecule is C#CCCNC(=O)NCCc1ccccc1C(=O)O. The fraction of sp³-hybridized carbons (Fsp3) is 0.286. The fourth-order valence-electron chi connectivity index (χ4n) is 1.57. The topological polar surface area (TPSA) is 78.4 Å². The van der Waals surface area contributed by atoms with Crippen LogP contribution < -0.4 is 10.6 Å². The van der Waals surface area contributed by atoms with E-state index in [0.717, 1.165) is 0 Å². The van der Waals surface area contributed by atoms with Gasteiger partial charge in [-0.2, -0.15) is 0 Å². The van der Waals surface area contributed by atoms with Crippen LogP contribution in [0.2, 0.25) is 0 Å². The number of hydrogen-bond acceptors (Lipinski definition) is 2. The van der Waals surface area contributed by atoms with Crippen molar-refractivity contribution >= 4 is 12.0 Å². The highest BCUT2D eigenvalue weighted by Gasteiger charge is 2.08. The second-order valence-electron chi connectivity index (χ2n) is 3.85. The van der Waals surface area contributed by atoms with Crippen molar-refractivity contribution < 1.29 is 14.7 Å². The number of carbonyl (C=O) groups excluding carboxylic acids is 1. The maximum atomic E-state index is 11.3. The Kier molecular flexibility index (Phi) is 5.96. The van der Waals surface area contributed by atoms with Gasteiger partial charge < -0.3 is 15.7 Å². The minimum atomic E-state index is -0.964. The van der Waals surface area contributed by atoms with Crippen LogP contribution in [0.5, 0.6) is 0 Å². The van der Waals surface area contributed by atoms with Crippen LogP contribution in [0.15, 0.2) is 24.3 Å². The summed E-state index contributed by atoms with van der Waals surface area (Å²) in [7, 11) is 0. The Morgan fingerprint density at radius 3 is 2.58 bits per heavy atom. The quantitative estimate of drug-likeness (QED) is 0.532. The third-order valence-electron chi connectivity index (χ3n) is 2.48. The van der Waals surface area contributed by atoms with E-state index in [9.17, 15) is 9.59 Å². The van der Waals surface area contributed by atoms with Crippen LogP contribution in [-0.2, 0) is 6.42 Å². The van der Waals surface area contributed by atoms with Gasteiger partial charge in [-0.1, -0.05) is 18.2 Å². The van der Waals surface area contributed by atoms with Gasteiger partial charge in [0.05, 0.1) is 5.56 Å². The van der Waals surface area contributed by atoms with Crippen molar-refractivity contribution in [2.75, 3.05) is 13.1 Å². The summed E-state index contributed by atoms with van der Waals surface area (Å²) in [5.41, 5.74) is 0.955. The Morgan fingerprint density at radius 1 is 1.21 bits per heavy atom. The van der Waals surface area contributed by atoms with Gasteiger partial charge >= 0.3 is 12.0 Å². The molecule has 0 atom stereocenters. The molecular weight excluding hydrogens is 244 g/mol. The van der Waals surface area contributed by atoms with Crippen LogP contribution in [0.4, 0.5) is 4.79 Å². The van der Waals surface area contributed by atoms with E-state index in [1.54, 1.807) is 24.3 Å². The molecule has 3 N–H and O–H groups in total. The number of carboxylic acid groups (broad SMARTS) is 1. The standard InChI is InChI=1S/C14H16N2O3/c1-2-3-9-15-14(19)16-10-8-11-6-4-5-7-12(11)13(17)18/h1,4-7H,3,8-10H2,(H,17,18)(H2,15,16,19). The fourth-order valence-corrected chi connectivity index (χ4v) is 1.57. The molecule has 2 amide bonds. The number of urea groups is 1. The summed E-state index contributed by atoms with van der Waals surface area (Å²) < 4.78 is 0. The second-order valence-corrected chi connectivity index (χ2v) is 3.85. The molecule has 1 aromatic carbocycles. The highest BCUT2D eigenvalue weighted by atomic mass is 16.4. The Labute approximate surface area is 112 Å². The summed E-state index contributed by atoms with van der Waals surface area (Å²) in [5, 5.41) is 14.2. The van der Waals surface area contributed by atoms with Gasteiger partial charge in [-0.3, -0.25) is 0 Å². The molecule has 0 aliphatic heterocycles. The number of amides is 2. The predicted octanol–water partition coefficient (Wildman–Crippen LogP) is 1.25. The van der Waals surface area contributed by atoms with Crippen molar-refractivity contribution in [3.63, 3.8) is 0 Å². The third kappa shape index (κ3) is 5.13. The van der Waals surface area contributed by atoms with Gasteiger partial charge in [-0.05, 0) is 18.1 Å². The highest BCUT2D eigenvalue weighted by Crippen LogP contribution is 2.08. The molecule has 0 saturated carbocycles. The zero-order valence-electron chi connectivity index (χ0n) is 10.5. The van der Waals surface area contributed by atoms with Crippen LogP contribution in [0, 0.1) is 12.3 Å². The van der Waals surface area contributed by atoms with Crippen LogP contribution in [-0.4, -0.2) is 30.2 Å². The van der Waals surface area contributed by atoms with Gasteiger partial charge in [-0.15, -0.1) is 12.3 Å². The van der Waals surface area contributed by atoms with Crippen LogP contribution in [0.1, 0.15) is 22.3 Å². The van der Waals surface area contributed by atoms with Crippen molar-refractivity contribution in [1.82, 2.24) is 10.6 Å². The zero-order valence-corrected chi connectivity index (χ0v) is 10.5. The zero-order chi connectivity index (χ0) is 14.1. The summed E-state index contributed by atoms with van der Waals surface area (Å²) in [6.07, 6.45) is 6.00. The monoisotopic (exact) mass is 260 g/mol. The molecule has 0 radical (unpaired) electrons. The van der Waals surface area contributed by atoms with Gasteiger partial charge in [0, 0.05) is 19.5 Å². The Hall–Kier alpha value is -2.48. The first kappa shape index (κ1) is 14.6.